The van der Waals surface area contributed by atoms with E-state index in [0.29, 0.717) is 0 Å². The number of imidazole rings is 1. The first-order valence-electron chi connectivity index (χ1n) is 8.65. The van der Waals surface area contributed by atoms with Crippen LogP contribution in [0.2, 0.25) is 0 Å². The summed E-state index contributed by atoms with van der Waals surface area (Å²) in [6.45, 7) is 3.63. The van der Waals surface area contributed by atoms with Gasteiger partial charge in [0, 0.05) is 55.6 Å². The number of hydrogen-bond donors (Lipinski definition) is 1. The van der Waals surface area contributed by atoms with Crippen molar-refractivity contribution in [2.45, 2.75) is 32.0 Å². The van der Waals surface area contributed by atoms with Crippen molar-refractivity contribution in [2.24, 2.45) is 7.05 Å². The molecule has 3 aromatic rings. The summed E-state index contributed by atoms with van der Waals surface area (Å²) < 4.78 is 10.0. The topological polar surface area (TPSA) is 56.9 Å². The summed E-state index contributed by atoms with van der Waals surface area (Å²) in [6, 6.07) is 10.5. The smallest absolute Gasteiger partial charge is 0.144 e. The fourth-order valence-corrected chi connectivity index (χ4v) is 3.34. The van der Waals surface area contributed by atoms with Gasteiger partial charge in [0.1, 0.15) is 11.9 Å². The maximum absolute atomic E-state index is 6.03. The molecule has 1 aromatic carbocycles. The molecule has 6 heteroatoms. The lowest BCUT2D eigenvalue weighted by Crippen LogP contribution is -2.32. The van der Waals surface area contributed by atoms with Crippen molar-refractivity contribution in [1.29, 1.82) is 0 Å². The third-order valence-electron chi connectivity index (χ3n) is 4.94. The standard InChI is InChI=1S/C19H23N5O/c1-14-15(13-22-23(14)2)12-21-17-8-11-25-18(17)19-20-9-10-24(19)16-6-4-3-5-7-16/h3-7,9-10,13,17-18,21H,8,11-12H2,1-2H3/t17-,18-/m0/s1. The zero-order valence-corrected chi connectivity index (χ0v) is 14.6. The Labute approximate surface area is 147 Å². The minimum atomic E-state index is -0.0489. The molecule has 4 rings (SSSR count). The second-order valence-corrected chi connectivity index (χ2v) is 6.44. The van der Waals surface area contributed by atoms with Gasteiger partial charge in [-0.05, 0) is 25.5 Å². The zero-order valence-electron chi connectivity index (χ0n) is 14.6. The average molecular weight is 337 g/mol. The van der Waals surface area contributed by atoms with Crippen LogP contribution in [0, 0.1) is 6.92 Å². The molecule has 1 saturated heterocycles. The Balaban J connectivity index is 1.53. The molecular formula is C19H23N5O. The van der Waals surface area contributed by atoms with E-state index in [0.717, 1.165) is 31.1 Å². The van der Waals surface area contributed by atoms with Gasteiger partial charge in [0.2, 0.25) is 0 Å². The molecule has 0 bridgehead atoms. The third kappa shape index (κ3) is 3.10. The van der Waals surface area contributed by atoms with Crippen LogP contribution in [0.4, 0.5) is 0 Å². The van der Waals surface area contributed by atoms with Gasteiger partial charge in [-0.2, -0.15) is 5.10 Å². The molecule has 0 spiro atoms. The maximum Gasteiger partial charge on any atom is 0.144 e. The summed E-state index contributed by atoms with van der Waals surface area (Å²) in [7, 11) is 1.97. The van der Waals surface area contributed by atoms with Gasteiger partial charge in [0.05, 0.1) is 6.20 Å². The first kappa shape index (κ1) is 16.1. The monoisotopic (exact) mass is 337 g/mol. The second kappa shape index (κ2) is 6.82. The largest absolute Gasteiger partial charge is 0.369 e. The van der Waals surface area contributed by atoms with Crippen LogP contribution in [0.1, 0.15) is 29.6 Å². The number of aromatic nitrogens is 4. The quantitative estimate of drug-likeness (QED) is 0.777. The fraction of sp³-hybridized carbons (Fsp3) is 0.368. The number of rotatable bonds is 5. The Kier molecular flexibility index (Phi) is 4.38. The number of aryl methyl sites for hydroxylation is 1. The van der Waals surface area contributed by atoms with Crippen molar-refractivity contribution < 1.29 is 4.74 Å². The number of nitrogens with zero attached hydrogens (tertiary/aromatic N) is 4. The van der Waals surface area contributed by atoms with Gasteiger partial charge in [0.15, 0.2) is 0 Å². The molecule has 6 nitrogen and oxygen atoms in total. The highest BCUT2D eigenvalue weighted by atomic mass is 16.5. The van der Waals surface area contributed by atoms with E-state index >= 15 is 0 Å². The van der Waals surface area contributed by atoms with Crippen LogP contribution in [0.25, 0.3) is 5.69 Å². The molecule has 1 fully saturated rings. The van der Waals surface area contributed by atoms with Crippen molar-refractivity contribution in [3.63, 3.8) is 0 Å². The lowest BCUT2D eigenvalue weighted by Gasteiger charge is -2.20. The molecule has 0 saturated carbocycles. The molecule has 0 radical (unpaired) electrons. The minimum absolute atomic E-state index is 0.0489. The predicted octanol–water partition coefficient (Wildman–Crippen LogP) is 2.53. The van der Waals surface area contributed by atoms with Crippen LogP contribution in [-0.4, -0.2) is 32.0 Å². The summed E-state index contributed by atoms with van der Waals surface area (Å²) in [4.78, 5) is 4.58. The molecule has 25 heavy (non-hydrogen) atoms. The van der Waals surface area contributed by atoms with E-state index < -0.39 is 0 Å². The van der Waals surface area contributed by atoms with Crippen molar-refractivity contribution >= 4 is 0 Å². The molecule has 0 aliphatic carbocycles. The average Bonchev–Trinajstić information content (AvgIpc) is 3.36. The van der Waals surface area contributed by atoms with Gasteiger partial charge in [0.25, 0.3) is 0 Å². The molecule has 0 unspecified atom stereocenters. The van der Waals surface area contributed by atoms with Crippen LogP contribution in [-0.2, 0) is 18.3 Å². The van der Waals surface area contributed by atoms with Crippen LogP contribution < -0.4 is 5.32 Å². The Morgan fingerprint density at radius 3 is 2.88 bits per heavy atom. The highest BCUT2D eigenvalue weighted by Gasteiger charge is 2.32. The van der Waals surface area contributed by atoms with Crippen LogP contribution >= 0.6 is 0 Å². The Bertz CT molecular complexity index is 839. The number of ether oxygens (including phenoxy) is 1. The van der Waals surface area contributed by atoms with Crippen molar-refractivity contribution in [1.82, 2.24) is 24.6 Å². The molecule has 2 aromatic heterocycles. The molecule has 3 heterocycles. The Morgan fingerprint density at radius 1 is 1.28 bits per heavy atom. The first-order chi connectivity index (χ1) is 12.2. The number of nitrogens with one attached hydrogen (secondary N) is 1. The lowest BCUT2D eigenvalue weighted by molar-refractivity contribution is 0.0903. The summed E-state index contributed by atoms with van der Waals surface area (Å²) >= 11 is 0. The molecule has 2 atom stereocenters. The van der Waals surface area contributed by atoms with Crippen LogP contribution in [0.15, 0.2) is 48.9 Å². The number of para-hydroxylation sites is 1. The van der Waals surface area contributed by atoms with Crippen LogP contribution in [0.3, 0.4) is 0 Å². The van der Waals surface area contributed by atoms with Gasteiger partial charge in [-0.15, -0.1) is 0 Å². The van der Waals surface area contributed by atoms with E-state index in [-0.39, 0.29) is 12.1 Å². The third-order valence-corrected chi connectivity index (χ3v) is 4.94. The molecule has 1 N–H and O–H groups in total. The molecule has 0 amide bonds. The summed E-state index contributed by atoms with van der Waals surface area (Å²) in [5.41, 5.74) is 3.51. The maximum atomic E-state index is 6.03. The fourth-order valence-electron chi connectivity index (χ4n) is 3.34. The molecule has 1 aliphatic heterocycles. The Hall–Kier alpha value is -2.44. The van der Waals surface area contributed by atoms with Gasteiger partial charge in [-0.1, -0.05) is 18.2 Å². The van der Waals surface area contributed by atoms with Gasteiger partial charge in [-0.3, -0.25) is 4.68 Å². The minimum Gasteiger partial charge on any atom is -0.369 e. The van der Waals surface area contributed by atoms with E-state index in [4.69, 9.17) is 4.74 Å². The second-order valence-electron chi connectivity index (χ2n) is 6.44. The highest BCUT2D eigenvalue weighted by molar-refractivity contribution is 5.33. The van der Waals surface area contributed by atoms with Gasteiger partial charge >= 0.3 is 0 Å². The summed E-state index contributed by atoms with van der Waals surface area (Å²) in [5.74, 6) is 0.948. The summed E-state index contributed by atoms with van der Waals surface area (Å²) in [5, 5.41) is 7.95. The molecule has 130 valence electrons. The number of benzene rings is 1. The lowest BCUT2D eigenvalue weighted by atomic mass is 10.1. The van der Waals surface area contributed by atoms with E-state index in [9.17, 15) is 0 Å². The molecule has 1 aliphatic rings. The zero-order chi connectivity index (χ0) is 17.2. The number of hydrogen-bond acceptors (Lipinski definition) is 4. The van der Waals surface area contributed by atoms with Crippen LogP contribution in [0.5, 0.6) is 0 Å². The predicted molar refractivity (Wildman–Crippen MR) is 95.4 cm³/mol. The van der Waals surface area contributed by atoms with Crippen molar-refractivity contribution in [3.05, 3.63) is 66.0 Å². The van der Waals surface area contributed by atoms with E-state index in [2.05, 4.69) is 39.0 Å². The van der Waals surface area contributed by atoms with Gasteiger partial charge < -0.3 is 14.6 Å². The van der Waals surface area contributed by atoms with E-state index in [1.807, 2.05) is 48.5 Å². The van der Waals surface area contributed by atoms with E-state index in [1.54, 1.807) is 0 Å². The summed E-state index contributed by atoms with van der Waals surface area (Å²) in [6.07, 6.45) is 6.69. The normalized spacial score (nSPS) is 20.2. The highest BCUT2D eigenvalue weighted by Crippen LogP contribution is 2.30. The van der Waals surface area contributed by atoms with Gasteiger partial charge in [-0.25, -0.2) is 4.98 Å². The Morgan fingerprint density at radius 2 is 2.12 bits per heavy atom. The van der Waals surface area contributed by atoms with E-state index in [1.165, 1.54) is 11.3 Å². The van der Waals surface area contributed by atoms with Crippen molar-refractivity contribution in [3.8, 4) is 5.69 Å². The van der Waals surface area contributed by atoms with Crippen molar-refractivity contribution in [2.75, 3.05) is 6.61 Å². The SMILES string of the molecule is Cc1c(CN[C@H]2CCO[C@@H]2c2nccn2-c2ccccc2)cnn1C. The molecular weight excluding hydrogens is 314 g/mol. The first-order valence-corrected chi connectivity index (χ1v) is 8.65.